The van der Waals surface area contributed by atoms with E-state index in [4.69, 9.17) is 30.2 Å². The zero-order valence-corrected chi connectivity index (χ0v) is 21.3. The van der Waals surface area contributed by atoms with Crippen molar-refractivity contribution in [1.82, 2.24) is 0 Å². The maximum atomic E-state index is 12.7. The molecule has 2 heterocycles. The van der Waals surface area contributed by atoms with Gasteiger partial charge in [0.05, 0.1) is 13.2 Å². The third kappa shape index (κ3) is 7.82. The molecule has 0 bridgehead atoms. The number of methoxy groups -OCH3 is 1. The molecule has 0 saturated carbocycles. The van der Waals surface area contributed by atoms with E-state index in [1.54, 1.807) is 6.08 Å². The number of carbonyl (C=O) groups is 2. The average Bonchev–Trinajstić information content (AvgIpc) is 3.36. The van der Waals surface area contributed by atoms with Crippen LogP contribution < -0.4 is 0 Å². The molecule has 0 N–H and O–H groups in total. The molecule has 0 spiro atoms. The van der Waals surface area contributed by atoms with Gasteiger partial charge in [0.2, 0.25) is 0 Å². The summed E-state index contributed by atoms with van der Waals surface area (Å²) in [7, 11) is 1.41. The summed E-state index contributed by atoms with van der Waals surface area (Å²) in [5, 5.41) is 0.697. The second-order valence-electron chi connectivity index (χ2n) is 9.26. The Labute approximate surface area is 207 Å². The Morgan fingerprint density at radius 1 is 1.29 bits per heavy atom. The van der Waals surface area contributed by atoms with Crippen molar-refractivity contribution >= 4 is 23.4 Å². The first kappa shape index (κ1) is 26.7. The summed E-state index contributed by atoms with van der Waals surface area (Å²) in [5.41, 5.74) is 1.08. The first-order chi connectivity index (χ1) is 16.4. The highest BCUT2D eigenvalue weighted by atomic mass is 35.5. The lowest BCUT2D eigenvalue weighted by Crippen LogP contribution is -2.30. The average molecular weight is 493 g/mol. The Balaban J connectivity index is 1.67. The number of rotatable bonds is 12. The van der Waals surface area contributed by atoms with Gasteiger partial charge in [-0.3, -0.25) is 9.59 Å². The van der Waals surface area contributed by atoms with Crippen LogP contribution in [0.5, 0.6) is 0 Å². The van der Waals surface area contributed by atoms with E-state index in [9.17, 15) is 9.59 Å². The molecule has 4 atom stereocenters. The molecule has 1 aliphatic heterocycles. The molecule has 1 aromatic heterocycles. The molecule has 0 radical (unpaired) electrons. The molecule has 1 aromatic rings. The fourth-order valence-electron chi connectivity index (χ4n) is 4.44. The van der Waals surface area contributed by atoms with E-state index >= 15 is 0 Å². The van der Waals surface area contributed by atoms with E-state index in [0.717, 1.165) is 62.2 Å². The van der Waals surface area contributed by atoms with Gasteiger partial charge in [0, 0.05) is 48.3 Å². The van der Waals surface area contributed by atoms with Crippen LogP contribution in [-0.2, 0) is 36.6 Å². The lowest BCUT2D eigenvalue weighted by atomic mass is 9.96. The number of unbranched alkanes of at least 4 members (excludes halogenated alkanes) is 1. The summed E-state index contributed by atoms with van der Waals surface area (Å²) in [6, 6.07) is 2.08. The molecule has 7 heteroatoms. The molecule has 6 nitrogen and oxygen atoms in total. The van der Waals surface area contributed by atoms with Crippen molar-refractivity contribution in [1.29, 1.82) is 0 Å². The van der Waals surface area contributed by atoms with E-state index < -0.39 is 0 Å². The van der Waals surface area contributed by atoms with E-state index in [-0.39, 0.29) is 36.0 Å². The standard InChI is InChI=1S/C27H37ClO6/c1-18(11-12-19(2)28)23(29)14-13-21-22-16-20(8-4-5-9-26(30)31-3)33-25(22)17-24(21)34-27-10-6-7-15-32-27/h12-14,16,18,21,24,27H,4-11,15,17H2,1-3H3/b14-13+,19-12-/t18?,21-,24-,27?/m1/s1. The predicted octanol–water partition coefficient (Wildman–Crippen LogP) is 6.01. The minimum Gasteiger partial charge on any atom is -0.469 e. The topological polar surface area (TPSA) is 75.0 Å². The van der Waals surface area contributed by atoms with Crippen molar-refractivity contribution in [3.05, 3.63) is 46.4 Å². The van der Waals surface area contributed by atoms with E-state index in [1.165, 1.54) is 7.11 Å². The number of hydrogen-bond acceptors (Lipinski definition) is 6. The third-order valence-corrected chi connectivity index (χ3v) is 6.65. The highest BCUT2D eigenvalue weighted by Gasteiger charge is 2.37. The molecule has 0 amide bonds. The molecular weight excluding hydrogens is 456 g/mol. The molecule has 1 fully saturated rings. The van der Waals surface area contributed by atoms with Crippen molar-refractivity contribution in [3.8, 4) is 0 Å². The van der Waals surface area contributed by atoms with Gasteiger partial charge >= 0.3 is 5.97 Å². The maximum absolute atomic E-state index is 12.7. The van der Waals surface area contributed by atoms with Crippen LogP contribution in [0.4, 0.5) is 0 Å². The van der Waals surface area contributed by atoms with E-state index in [1.807, 2.05) is 26.0 Å². The smallest absolute Gasteiger partial charge is 0.305 e. The Morgan fingerprint density at radius 3 is 2.82 bits per heavy atom. The van der Waals surface area contributed by atoms with Crippen molar-refractivity contribution in [2.45, 2.75) is 89.9 Å². The monoisotopic (exact) mass is 492 g/mol. The minimum absolute atomic E-state index is 0.0606. The van der Waals surface area contributed by atoms with Gasteiger partial charge in [0.1, 0.15) is 11.5 Å². The molecule has 1 saturated heterocycles. The highest BCUT2D eigenvalue weighted by molar-refractivity contribution is 6.29. The number of ether oxygens (including phenoxy) is 3. The summed E-state index contributed by atoms with van der Waals surface area (Å²) in [6.07, 6.45) is 12.3. The van der Waals surface area contributed by atoms with E-state index in [2.05, 4.69) is 6.07 Å². The Hall–Kier alpha value is -1.89. The second kappa shape index (κ2) is 13.3. The Kier molecular flexibility index (Phi) is 10.4. The number of ketones is 1. The number of allylic oxidation sites excluding steroid dienone is 3. The molecule has 2 unspecified atom stereocenters. The normalized spacial score (nSPS) is 23.8. The van der Waals surface area contributed by atoms with Gasteiger partial charge in [-0.15, -0.1) is 0 Å². The predicted molar refractivity (Wildman–Crippen MR) is 131 cm³/mol. The molecule has 0 aromatic carbocycles. The highest BCUT2D eigenvalue weighted by Crippen LogP contribution is 2.40. The van der Waals surface area contributed by atoms with E-state index in [0.29, 0.717) is 24.3 Å². The quantitative estimate of drug-likeness (QED) is 0.202. The number of furan rings is 1. The van der Waals surface area contributed by atoms with Crippen LogP contribution in [0.1, 0.15) is 81.8 Å². The first-order valence-corrected chi connectivity index (χ1v) is 12.7. The van der Waals surface area contributed by atoms with Crippen molar-refractivity contribution < 1.29 is 28.2 Å². The molecule has 3 rings (SSSR count). The van der Waals surface area contributed by atoms with Gasteiger partial charge < -0.3 is 18.6 Å². The van der Waals surface area contributed by atoms with Crippen molar-refractivity contribution in [2.24, 2.45) is 5.92 Å². The van der Waals surface area contributed by atoms with Crippen LogP contribution in [0.2, 0.25) is 0 Å². The van der Waals surface area contributed by atoms with Gasteiger partial charge in [-0.25, -0.2) is 0 Å². The number of hydrogen-bond donors (Lipinski definition) is 0. The lowest BCUT2D eigenvalue weighted by Gasteiger charge is -2.28. The molecule has 188 valence electrons. The number of halogens is 1. The second-order valence-corrected chi connectivity index (χ2v) is 9.86. The number of aryl methyl sites for hydroxylation is 1. The van der Waals surface area contributed by atoms with Gasteiger partial charge in [-0.2, -0.15) is 0 Å². The van der Waals surface area contributed by atoms with Crippen LogP contribution in [-0.4, -0.2) is 37.9 Å². The van der Waals surface area contributed by atoms with Crippen molar-refractivity contribution in [3.63, 3.8) is 0 Å². The number of carbonyl (C=O) groups excluding carboxylic acids is 2. The first-order valence-electron chi connectivity index (χ1n) is 12.4. The number of fused-ring (bicyclic) bond motifs is 1. The number of esters is 1. The van der Waals surface area contributed by atoms with Crippen LogP contribution in [0.25, 0.3) is 0 Å². The SMILES string of the molecule is COC(=O)CCCCc1cc2c(o1)C[C@@H](OC1CCCCO1)[C@@H]2/C=C/C(=O)C(C)C/C=C(/C)Cl. The summed E-state index contributed by atoms with van der Waals surface area (Å²) >= 11 is 5.92. The largest absolute Gasteiger partial charge is 0.469 e. The molecule has 1 aliphatic carbocycles. The summed E-state index contributed by atoms with van der Waals surface area (Å²) in [6.45, 7) is 4.45. The summed E-state index contributed by atoms with van der Waals surface area (Å²) in [4.78, 5) is 24.0. The third-order valence-electron chi connectivity index (χ3n) is 6.49. The van der Waals surface area contributed by atoms with Crippen LogP contribution in [0.3, 0.4) is 0 Å². The van der Waals surface area contributed by atoms with Gasteiger partial charge in [-0.05, 0) is 57.6 Å². The molecule has 34 heavy (non-hydrogen) atoms. The Bertz CT molecular complexity index is 876. The molecule has 2 aliphatic rings. The van der Waals surface area contributed by atoms with Crippen LogP contribution in [0, 0.1) is 5.92 Å². The van der Waals surface area contributed by atoms with Gasteiger partial charge in [0.25, 0.3) is 0 Å². The fourth-order valence-corrected chi connectivity index (χ4v) is 4.53. The lowest BCUT2D eigenvalue weighted by molar-refractivity contribution is -0.188. The molecular formula is C27H37ClO6. The van der Waals surface area contributed by atoms with Crippen LogP contribution >= 0.6 is 11.6 Å². The fraction of sp³-hybridized carbons (Fsp3) is 0.630. The zero-order chi connectivity index (χ0) is 24.5. The van der Waals surface area contributed by atoms with Gasteiger partial charge in [-0.1, -0.05) is 30.7 Å². The zero-order valence-electron chi connectivity index (χ0n) is 20.5. The minimum atomic E-state index is -0.206. The summed E-state index contributed by atoms with van der Waals surface area (Å²) in [5.74, 6) is 1.51. The van der Waals surface area contributed by atoms with Crippen LogP contribution in [0.15, 0.2) is 33.7 Å². The van der Waals surface area contributed by atoms with Gasteiger partial charge in [0.15, 0.2) is 12.1 Å². The van der Waals surface area contributed by atoms with Crippen molar-refractivity contribution in [2.75, 3.05) is 13.7 Å². The maximum Gasteiger partial charge on any atom is 0.305 e. The Morgan fingerprint density at radius 2 is 2.12 bits per heavy atom. The summed E-state index contributed by atoms with van der Waals surface area (Å²) < 4.78 is 23.0.